The van der Waals surface area contributed by atoms with Crippen LogP contribution in [0.4, 0.5) is 0 Å². The predicted octanol–water partition coefficient (Wildman–Crippen LogP) is 2.72. The molecule has 0 radical (unpaired) electrons. The quantitative estimate of drug-likeness (QED) is 0.374. The second-order valence-electron chi connectivity index (χ2n) is 1.32. The van der Waals surface area contributed by atoms with E-state index in [-0.39, 0.29) is 11.3 Å². The third-order valence-corrected chi connectivity index (χ3v) is 0.794. The molecule has 0 aromatic heterocycles. The van der Waals surface area contributed by atoms with Crippen molar-refractivity contribution in [3.8, 4) is 6.07 Å². The summed E-state index contributed by atoms with van der Waals surface area (Å²) < 4.78 is 0. The van der Waals surface area contributed by atoms with Crippen LogP contribution in [0.3, 0.4) is 0 Å². The lowest BCUT2D eigenvalue weighted by Gasteiger charge is -1.88. The first kappa shape index (κ1) is 12.2. The lowest BCUT2D eigenvalue weighted by Crippen LogP contribution is -1.79. The molecule has 0 aromatic rings. The molecule has 0 bridgehead atoms. The van der Waals surface area contributed by atoms with Gasteiger partial charge in [0.15, 0.2) is 0 Å². The molecule has 0 saturated carbocycles. The highest BCUT2D eigenvalue weighted by Gasteiger charge is 1.92. The van der Waals surface area contributed by atoms with E-state index in [1.807, 2.05) is 13.8 Å². The number of nitriles is 1. The molecule has 0 heterocycles. The first-order valence-corrected chi connectivity index (χ1v) is 3.34. The monoisotopic (exact) mass is 151 g/mol. The Morgan fingerprint density at radius 2 is 1.82 bits per heavy atom. The molecule has 60 valence electrons. The molecule has 0 aliphatic carbocycles. The van der Waals surface area contributed by atoms with Crippen molar-refractivity contribution in [2.24, 2.45) is 0 Å². The van der Waals surface area contributed by atoms with Crippen LogP contribution in [0.1, 0.15) is 13.8 Å². The molecule has 1 N–H and O–H groups in total. The Kier molecular flexibility index (Phi) is 9.45. The van der Waals surface area contributed by atoms with E-state index in [9.17, 15) is 0 Å². The Balaban J connectivity index is 0. The molecule has 0 aromatic carbocycles. The second-order valence-corrected chi connectivity index (χ2v) is 1.32. The van der Waals surface area contributed by atoms with Crippen LogP contribution in [0.5, 0.6) is 0 Å². The van der Waals surface area contributed by atoms with Crippen LogP contribution in [0.2, 0.25) is 0 Å². The molecule has 11 heavy (non-hydrogen) atoms. The molecule has 0 atom stereocenters. The first-order chi connectivity index (χ1) is 5.26. The predicted molar refractivity (Wildman–Crippen MR) is 47.0 cm³/mol. The van der Waals surface area contributed by atoms with E-state index in [0.29, 0.717) is 0 Å². The highest BCUT2D eigenvalue weighted by atomic mass is 16.3. The lowest BCUT2D eigenvalue weighted by atomic mass is 10.2. The Labute approximate surface area is 67.8 Å². The molecule has 0 saturated heterocycles. The van der Waals surface area contributed by atoms with Gasteiger partial charge < -0.3 is 5.11 Å². The van der Waals surface area contributed by atoms with E-state index in [1.165, 1.54) is 12.2 Å². The third kappa shape index (κ3) is 4.98. The Hall–Kier alpha value is -1.49. The van der Waals surface area contributed by atoms with Gasteiger partial charge in [0.1, 0.15) is 11.8 Å². The molecule has 0 fully saturated rings. The maximum atomic E-state index is 8.79. The largest absolute Gasteiger partial charge is 0.507 e. The van der Waals surface area contributed by atoms with E-state index < -0.39 is 0 Å². The average molecular weight is 151 g/mol. The molecule has 0 aliphatic heterocycles. The molecular weight excluding hydrogens is 138 g/mol. The summed E-state index contributed by atoms with van der Waals surface area (Å²) in [5, 5.41) is 17.0. The average Bonchev–Trinajstić information content (AvgIpc) is 2.10. The van der Waals surface area contributed by atoms with Gasteiger partial charge in [-0.15, -0.1) is 0 Å². The van der Waals surface area contributed by atoms with Gasteiger partial charge >= 0.3 is 0 Å². The summed E-state index contributed by atoms with van der Waals surface area (Å²) in [6, 6.07) is 1.74. The lowest BCUT2D eigenvalue weighted by molar-refractivity contribution is 0.430. The summed E-state index contributed by atoms with van der Waals surface area (Å²) in [5.74, 6) is -0.132. The smallest absolute Gasteiger partial charge is 0.132 e. The van der Waals surface area contributed by atoms with Gasteiger partial charge in [0.2, 0.25) is 0 Å². The summed E-state index contributed by atoms with van der Waals surface area (Å²) in [6.07, 6.45) is 2.47. The zero-order valence-corrected chi connectivity index (χ0v) is 6.96. The number of nitrogens with zero attached hydrogens (tertiary/aromatic N) is 1. The van der Waals surface area contributed by atoms with Crippen LogP contribution in [0, 0.1) is 11.3 Å². The summed E-state index contributed by atoms with van der Waals surface area (Å²) in [6.45, 7) is 10.6. The van der Waals surface area contributed by atoms with Crippen LogP contribution in [-0.4, -0.2) is 5.11 Å². The molecule has 0 rings (SSSR count). The van der Waals surface area contributed by atoms with Crippen molar-refractivity contribution >= 4 is 0 Å². The highest BCUT2D eigenvalue weighted by molar-refractivity contribution is 5.37. The van der Waals surface area contributed by atoms with Gasteiger partial charge in [0.05, 0.1) is 5.57 Å². The topological polar surface area (TPSA) is 44.0 Å². The minimum atomic E-state index is -0.132. The van der Waals surface area contributed by atoms with E-state index in [2.05, 4.69) is 13.2 Å². The van der Waals surface area contributed by atoms with E-state index in [4.69, 9.17) is 10.4 Å². The van der Waals surface area contributed by atoms with E-state index in [1.54, 1.807) is 6.07 Å². The highest BCUT2D eigenvalue weighted by Crippen LogP contribution is 2.00. The normalized spacial score (nSPS) is 9.55. The fourth-order valence-corrected chi connectivity index (χ4v) is 0.317. The molecule has 0 aliphatic rings. The zero-order chi connectivity index (χ0) is 9.28. The Morgan fingerprint density at radius 3 is 1.91 bits per heavy atom. The van der Waals surface area contributed by atoms with Gasteiger partial charge in [-0.3, -0.25) is 0 Å². The van der Waals surface area contributed by atoms with Gasteiger partial charge in [0.25, 0.3) is 0 Å². The van der Waals surface area contributed by atoms with Crippen molar-refractivity contribution in [3.63, 3.8) is 0 Å². The Morgan fingerprint density at radius 1 is 1.36 bits per heavy atom. The van der Waals surface area contributed by atoms with E-state index >= 15 is 0 Å². The number of hydrogen-bond donors (Lipinski definition) is 1. The van der Waals surface area contributed by atoms with Crippen molar-refractivity contribution in [2.45, 2.75) is 13.8 Å². The molecule has 2 heteroatoms. The van der Waals surface area contributed by atoms with Crippen LogP contribution in [0.25, 0.3) is 0 Å². The zero-order valence-electron chi connectivity index (χ0n) is 6.96. The number of rotatable bonds is 2. The number of allylic oxidation sites excluding steroid dienone is 3. The van der Waals surface area contributed by atoms with Crippen LogP contribution in [0.15, 0.2) is 36.6 Å². The van der Waals surface area contributed by atoms with Crippen molar-refractivity contribution in [1.82, 2.24) is 0 Å². The van der Waals surface area contributed by atoms with Crippen molar-refractivity contribution < 1.29 is 5.11 Å². The summed E-state index contributed by atoms with van der Waals surface area (Å²) in [7, 11) is 0. The van der Waals surface area contributed by atoms with Crippen molar-refractivity contribution in [3.05, 3.63) is 36.6 Å². The molecule has 0 amide bonds. The molecule has 2 nitrogen and oxygen atoms in total. The molecule has 0 unspecified atom stereocenters. The van der Waals surface area contributed by atoms with Crippen LogP contribution < -0.4 is 0 Å². The third-order valence-electron chi connectivity index (χ3n) is 0.794. The standard InChI is InChI=1S/C7H7NO.C2H6/c1-3-6(5-8)7(9)4-2;1-2/h3-4,9H,1-2H2;1-2H3/b7-6-;. The SMILES string of the molecule is C=C/C(O)=C(/C#N)C=C.CC. The van der Waals surface area contributed by atoms with Gasteiger partial charge in [-0.25, -0.2) is 0 Å². The maximum absolute atomic E-state index is 8.79. The Bertz CT molecular complexity index is 196. The minimum Gasteiger partial charge on any atom is -0.507 e. The van der Waals surface area contributed by atoms with Gasteiger partial charge in [-0.2, -0.15) is 5.26 Å². The molecular formula is C9H13NO. The summed E-state index contributed by atoms with van der Waals surface area (Å²) >= 11 is 0. The summed E-state index contributed by atoms with van der Waals surface area (Å²) in [4.78, 5) is 0. The van der Waals surface area contributed by atoms with Crippen molar-refractivity contribution in [2.75, 3.05) is 0 Å². The number of aliphatic hydroxyl groups excluding tert-OH is 1. The second kappa shape index (κ2) is 8.51. The van der Waals surface area contributed by atoms with Gasteiger partial charge in [0, 0.05) is 0 Å². The van der Waals surface area contributed by atoms with Crippen LogP contribution >= 0.6 is 0 Å². The van der Waals surface area contributed by atoms with E-state index in [0.717, 1.165) is 0 Å². The fraction of sp³-hybridized carbons (Fsp3) is 0.222. The fourth-order valence-electron chi connectivity index (χ4n) is 0.317. The van der Waals surface area contributed by atoms with Crippen LogP contribution in [-0.2, 0) is 0 Å². The van der Waals surface area contributed by atoms with Crippen molar-refractivity contribution in [1.29, 1.82) is 5.26 Å². The first-order valence-electron chi connectivity index (χ1n) is 3.34. The minimum absolute atomic E-state index is 0.132. The molecule has 0 spiro atoms. The number of hydrogen-bond acceptors (Lipinski definition) is 2. The number of aliphatic hydroxyl groups is 1. The van der Waals surface area contributed by atoms with Gasteiger partial charge in [-0.05, 0) is 12.2 Å². The van der Waals surface area contributed by atoms with Gasteiger partial charge in [-0.1, -0.05) is 27.0 Å². The maximum Gasteiger partial charge on any atom is 0.132 e. The summed E-state index contributed by atoms with van der Waals surface area (Å²) in [5.41, 5.74) is 0.144.